The van der Waals surface area contributed by atoms with Crippen molar-refractivity contribution >= 4 is 11.6 Å². The van der Waals surface area contributed by atoms with Crippen molar-refractivity contribution < 1.29 is 22.8 Å². The molecule has 0 N–H and O–H groups in total. The normalized spacial score (nSPS) is 12.1. The summed E-state index contributed by atoms with van der Waals surface area (Å²) in [5, 5.41) is 0. The molecule has 0 aliphatic rings. The van der Waals surface area contributed by atoms with E-state index in [1.165, 1.54) is 17.7 Å². The Kier molecular flexibility index (Phi) is 5.16. The lowest BCUT2D eigenvalue weighted by molar-refractivity contribution is -0.170. The van der Waals surface area contributed by atoms with Crippen LogP contribution in [0.2, 0.25) is 0 Å². The third-order valence-corrected chi connectivity index (χ3v) is 3.93. The van der Waals surface area contributed by atoms with Crippen LogP contribution in [0.1, 0.15) is 43.1 Å². The molecular formula is C20H19F3O2. The summed E-state index contributed by atoms with van der Waals surface area (Å²) in [6, 6.07) is 14.2. The van der Waals surface area contributed by atoms with Crippen LogP contribution < -0.4 is 0 Å². The molecule has 0 fully saturated rings. The number of alkyl halides is 3. The lowest BCUT2D eigenvalue weighted by Gasteiger charge is -2.19. The second kappa shape index (κ2) is 6.82. The quantitative estimate of drug-likeness (QED) is 0.551. The van der Waals surface area contributed by atoms with Crippen molar-refractivity contribution in [3.05, 3.63) is 59.7 Å². The van der Waals surface area contributed by atoms with Crippen LogP contribution in [0.3, 0.4) is 0 Å². The fourth-order valence-electron chi connectivity index (χ4n) is 2.36. The van der Waals surface area contributed by atoms with Crippen molar-refractivity contribution in [1.82, 2.24) is 0 Å². The van der Waals surface area contributed by atoms with Gasteiger partial charge in [0, 0.05) is 5.56 Å². The molecule has 0 radical (unpaired) electrons. The average Bonchev–Trinajstić information content (AvgIpc) is 2.53. The molecule has 0 spiro atoms. The predicted molar refractivity (Wildman–Crippen MR) is 90.6 cm³/mol. The van der Waals surface area contributed by atoms with Gasteiger partial charge < -0.3 is 0 Å². The third-order valence-electron chi connectivity index (χ3n) is 3.93. The Bertz CT molecular complexity index is 765. The van der Waals surface area contributed by atoms with E-state index in [9.17, 15) is 22.8 Å². The van der Waals surface area contributed by atoms with Gasteiger partial charge in [-0.15, -0.1) is 0 Å². The van der Waals surface area contributed by atoms with Gasteiger partial charge in [-0.25, -0.2) is 0 Å². The van der Waals surface area contributed by atoms with E-state index in [4.69, 9.17) is 0 Å². The zero-order chi connectivity index (χ0) is 18.8. The van der Waals surface area contributed by atoms with E-state index in [1.54, 1.807) is 12.1 Å². The van der Waals surface area contributed by atoms with Crippen LogP contribution in [0, 0.1) is 0 Å². The molecule has 2 nitrogen and oxygen atoms in total. The molecule has 0 amide bonds. The summed E-state index contributed by atoms with van der Waals surface area (Å²) in [7, 11) is 0. The standard InChI is InChI=1S/C20H19F3O2/c1-19(2,3)16-10-8-14(9-11-16)13-4-6-15(7-5-13)17(24)12-18(25)20(21,22)23/h4-11H,12H2,1-3H3. The van der Waals surface area contributed by atoms with Gasteiger partial charge in [0.05, 0.1) is 6.42 Å². The summed E-state index contributed by atoms with van der Waals surface area (Å²) in [6.45, 7) is 6.35. The van der Waals surface area contributed by atoms with Gasteiger partial charge in [0.2, 0.25) is 5.78 Å². The molecule has 2 aromatic rings. The highest BCUT2D eigenvalue weighted by Gasteiger charge is 2.39. The summed E-state index contributed by atoms with van der Waals surface area (Å²) in [5.74, 6) is -2.86. The zero-order valence-electron chi connectivity index (χ0n) is 14.3. The van der Waals surface area contributed by atoms with Crippen LogP contribution in [0.5, 0.6) is 0 Å². The maximum Gasteiger partial charge on any atom is 0.450 e. The maximum atomic E-state index is 12.2. The lowest BCUT2D eigenvalue weighted by Crippen LogP contribution is -2.25. The highest BCUT2D eigenvalue weighted by atomic mass is 19.4. The molecular weight excluding hydrogens is 329 g/mol. The first-order valence-electron chi connectivity index (χ1n) is 7.83. The van der Waals surface area contributed by atoms with E-state index in [0.717, 1.165) is 11.1 Å². The lowest BCUT2D eigenvalue weighted by atomic mass is 9.86. The number of carbonyl (C=O) groups is 2. The summed E-state index contributed by atoms with van der Waals surface area (Å²) in [4.78, 5) is 22.7. The van der Waals surface area contributed by atoms with Gasteiger partial charge in [-0.2, -0.15) is 13.2 Å². The number of hydrogen-bond donors (Lipinski definition) is 0. The average molecular weight is 348 g/mol. The molecule has 0 heterocycles. The second-order valence-corrected chi connectivity index (χ2v) is 6.93. The molecule has 0 atom stereocenters. The molecule has 2 aromatic carbocycles. The summed E-state index contributed by atoms with van der Waals surface area (Å²) < 4.78 is 36.7. The fourth-order valence-corrected chi connectivity index (χ4v) is 2.36. The van der Waals surface area contributed by atoms with E-state index >= 15 is 0 Å². The molecule has 0 aliphatic heterocycles. The molecule has 5 heteroatoms. The van der Waals surface area contributed by atoms with E-state index < -0.39 is 24.2 Å². The first-order chi connectivity index (χ1) is 11.5. The SMILES string of the molecule is CC(C)(C)c1ccc(-c2ccc(C(=O)CC(=O)C(F)(F)F)cc2)cc1. The van der Waals surface area contributed by atoms with Crippen LogP contribution in [0.4, 0.5) is 13.2 Å². The van der Waals surface area contributed by atoms with Gasteiger partial charge in [-0.1, -0.05) is 69.3 Å². The summed E-state index contributed by atoms with van der Waals surface area (Å²) in [5.41, 5.74) is 3.11. The van der Waals surface area contributed by atoms with Crippen molar-refractivity contribution in [1.29, 1.82) is 0 Å². The summed E-state index contributed by atoms with van der Waals surface area (Å²) in [6.07, 6.45) is -6.15. The Morgan fingerprint density at radius 1 is 0.800 bits per heavy atom. The molecule has 25 heavy (non-hydrogen) atoms. The van der Waals surface area contributed by atoms with Crippen molar-refractivity contribution in [2.45, 2.75) is 38.8 Å². The molecule has 0 aromatic heterocycles. The Morgan fingerprint density at radius 3 is 1.64 bits per heavy atom. The number of hydrogen-bond acceptors (Lipinski definition) is 2. The van der Waals surface area contributed by atoms with Crippen LogP contribution >= 0.6 is 0 Å². The first kappa shape index (κ1) is 18.9. The molecule has 0 saturated heterocycles. The fraction of sp³-hybridized carbons (Fsp3) is 0.300. The number of rotatable bonds is 4. The smallest absolute Gasteiger partial charge is 0.294 e. The van der Waals surface area contributed by atoms with Gasteiger partial charge >= 0.3 is 6.18 Å². The minimum absolute atomic E-state index is 0.0415. The van der Waals surface area contributed by atoms with Crippen LogP contribution in [-0.4, -0.2) is 17.7 Å². The maximum absolute atomic E-state index is 12.2. The first-order valence-corrected chi connectivity index (χ1v) is 7.83. The number of carbonyl (C=O) groups excluding carboxylic acids is 2. The Hall–Kier alpha value is -2.43. The number of halogens is 3. The van der Waals surface area contributed by atoms with E-state index in [1.807, 2.05) is 24.3 Å². The molecule has 0 aliphatic carbocycles. The van der Waals surface area contributed by atoms with Crippen molar-refractivity contribution in [3.63, 3.8) is 0 Å². The van der Waals surface area contributed by atoms with Crippen molar-refractivity contribution in [3.8, 4) is 11.1 Å². The topological polar surface area (TPSA) is 34.1 Å². The largest absolute Gasteiger partial charge is 0.450 e. The minimum atomic E-state index is -4.98. The Labute approximate surface area is 144 Å². The van der Waals surface area contributed by atoms with E-state index in [-0.39, 0.29) is 11.0 Å². The molecule has 132 valence electrons. The van der Waals surface area contributed by atoms with Gasteiger partial charge in [-0.05, 0) is 22.1 Å². The molecule has 0 unspecified atom stereocenters. The van der Waals surface area contributed by atoms with Crippen molar-refractivity contribution in [2.75, 3.05) is 0 Å². The number of benzene rings is 2. The van der Waals surface area contributed by atoms with Crippen molar-refractivity contribution in [2.24, 2.45) is 0 Å². The van der Waals surface area contributed by atoms with E-state index in [0.29, 0.717) is 0 Å². The zero-order valence-corrected chi connectivity index (χ0v) is 14.3. The molecule has 0 bridgehead atoms. The minimum Gasteiger partial charge on any atom is -0.294 e. The number of Topliss-reactive ketones (excluding diaryl/α,β-unsaturated/α-hetero) is 2. The third kappa shape index (κ3) is 4.78. The van der Waals surface area contributed by atoms with Crippen LogP contribution in [-0.2, 0) is 10.2 Å². The second-order valence-electron chi connectivity index (χ2n) is 6.93. The Morgan fingerprint density at radius 2 is 1.24 bits per heavy atom. The predicted octanol–water partition coefficient (Wildman–Crippen LogP) is 5.36. The molecule has 0 saturated carbocycles. The monoisotopic (exact) mass is 348 g/mol. The number of ketones is 2. The Balaban J connectivity index is 2.14. The highest BCUT2D eigenvalue weighted by molar-refractivity contribution is 6.09. The van der Waals surface area contributed by atoms with Gasteiger partial charge in [0.15, 0.2) is 5.78 Å². The van der Waals surface area contributed by atoms with Crippen LogP contribution in [0.25, 0.3) is 11.1 Å². The van der Waals surface area contributed by atoms with Gasteiger partial charge in [0.25, 0.3) is 0 Å². The molecule has 2 rings (SSSR count). The van der Waals surface area contributed by atoms with Gasteiger partial charge in [0.1, 0.15) is 0 Å². The van der Waals surface area contributed by atoms with E-state index in [2.05, 4.69) is 20.8 Å². The summed E-state index contributed by atoms with van der Waals surface area (Å²) >= 11 is 0. The van der Waals surface area contributed by atoms with Crippen LogP contribution in [0.15, 0.2) is 48.5 Å². The highest BCUT2D eigenvalue weighted by Crippen LogP contribution is 2.26. The van der Waals surface area contributed by atoms with Gasteiger partial charge in [-0.3, -0.25) is 9.59 Å².